The van der Waals surface area contributed by atoms with Crippen LogP contribution >= 0.6 is 0 Å². The Morgan fingerprint density at radius 1 is 1.75 bits per heavy atom. The van der Waals surface area contributed by atoms with Gasteiger partial charge in [0.25, 0.3) is 0 Å². The highest BCUT2D eigenvalue weighted by atomic mass is 16.3. The fourth-order valence-electron chi connectivity index (χ4n) is 0.956. The molecule has 0 spiro atoms. The second-order valence-corrected chi connectivity index (χ2v) is 2.83. The van der Waals surface area contributed by atoms with E-state index >= 15 is 0 Å². The molecule has 0 saturated heterocycles. The summed E-state index contributed by atoms with van der Waals surface area (Å²) in [6, 6.07) is 0.431. The van der Waals surface area contributed by atoms with Gasteiger partial charge in [0, 0.05) is 6.04 Å². The third kappa shape index (κ3) is 3.02. The van der Waals surface area contributed by atoms with Crippen molar-refractivity contribution < 1.29 is 4.42 Å². The minimum absolute atomic E-state index is 0.431. The SMILES string of the molecule is CC(CCN)NCc1cnco1. The number of nitrogens with one attached hydrogen (secondary N) is 1. The van der Waals surface area contributed by atoms with Gasteiger partial charge >= 0.3 is 0 Å². The minimum Gasteiger partial charge on any atom is -0.447 e. The number of rotatable bonds is 5. The van der Waals surface area contributed by atoms with Crippen LogP contribution in [0.15, 0.2) is 17.0 Å². The van der Waals surface area contributed by atoms with Crippen molar-refractivity contribution in [2.45, 2.75) is 25.9 Å². The van der Waals surface area contributed by atoms with Crippen LogP contribution in [-0.4, -0.2) is 17.6 Å². The van der Waals surface area contributed by atoms with Gasteiger partial charge in [-0.3, -0.25) is 0 Å². The molecule has 4 heteroatoms. The van der Waals surface area contributed by atoms with Gasteiger partial charge in [-0.1, -0.05) is 0 Å². The van der Waals surface area contributed by atoms with E-state index in [1.54, 1.807) is 6.20 Å². The van der Waals surface area contributed by atoms with Crippen LogP contribution in [0.4, 0.5) is 0 Å². The average Bonchev–Trinajstić information content (AvgIpc) is 2.53. The van der Waals surface area contributed by atoms with Crippen molar-refractivity contribution >= 4 is 0 Å². The van der Waals surface area contributed by atoms with Gasteiger partial charge in [-0.2, -0.15) is 0 Å². The van der Waals surface area contributed by atoms with Gasteiger partial charge in [0.15, 0.2) is 6.39 Å². The third-order valence-electron chi connectivity index (χ3n) is 1.71. The first-order chi connectivity index (χ1) is 5.83. The highest BCUT2D eigenvalue weighted by Gasteiger charge is 2.01. The molecule has 3 N–H and O–H groups in total. The van der Waals surface area contributed by atoms with Gasteiger partial charge in [-0.25, -0.2) is 4.98 Å². The van der Waals surface area contributed by atoms with E-state index < -0.39 is 0 Å². The highest BCUT2D eigenvalue weighted by Crippen LogP contribution is 1.97. The molecule has 0 aliphatic heterocycles. The number of hydrogen-bond donors (Lipinski definition) is 2. The number of nitrogens with zero attached hydrogens (tertiary/aromatic N) is 1. The smallest absolute Gasteiger partial charge is 0.180 e. The summed E-state index contributed by atoms with van der Waals surface area (Å²) in [5.74, 6) is 0.860. The zero-order chi connectivity index (χ0) is 8.81. The summed E-state index contributed by atoms with van der Waals surface area (Å²) >= 11 is 0. The third-order valence-corrected chi connectivity index (χ3v) is 1.71. The van der Waals surface area contributed by atoms with Crippen molar-refractivity contribution in [2.24, 2.45) is 5.73 Å². The summed E-state index contributed by atoms with van der Waals surface area (Å²) in [5, 5.41) is 3.27. The van der Waals surface area contributed by atoms with Crippen LogP contribution in [0.25, 0.3) is 0 Å². The Morgan fingerprint density at radius 3 is 3.17 bits per heavy atom. The Morgan fingerprint density at radius 2 is 2.58 bits per heavy atom. The second-order valence-electron chi connectivity index (χ2n) is 2.83. The minimum atomic E-state index is 0.431. The van der Waals surface area contributed by atoms with Gasteiger partial charge < -0.3 is 15.5 Å². The van der Waals surface area contributed by atoms with E-state index in [1.165, 1.54) is 6.39 Å². The zero-order valence-corrected chi connectivity index (χ0v) is 7.29. The van der Waals surface area contributed by atoms with E-state index in [9.17, 15) is 0 Å². The van der Waals surface area contributed by atoms with Crippen molar-refractivity contribution in [1.29, 1.82) is 0 Å². The molecule has 0 amide bonds. The lowest BCUT2D eigenvalue weighted by atomic mass is 10.2. The van der Waals surface area contributed by atoms with Crippen molar-refractivity contribution in [2.75, 3.05) is 6.54 Å². The lowest BCUT2D eigenvalue weighted by Gasteiger charge is -2.10. The van der Waals surface area contributed by atoms with Gasteiger partial charge in [0.1, 0.15) is 5.76 Å². The molecule has 1 unspecified atom stereocenters. The molecule has 4 nitrogen and oxygen atoms in total. The first-order valence-electron chi connectivity index (χ1n) is 4.13. The number of hydrogen-bond acceptors (Lipinski definition) is 4. The second kappa shape index (κ2) is 4.90. The first-order valence-corrected chi connectivity index (χ1v) is 4.13. The molecule has 12 heavy (non-hydrogen) atoms. The molecule has 0 saturated carbocycles. The molecule has 0 bridgehead atoms. The molecule has 0 radical (unpaired) electrons. The van der Waals surface area contributed by atoms with Gasteiger partial charge in [0.2, 0.25) is 0 Å². The largest absolute Gasteiger partial charge is 0.447 e. The molecule has 0 fully saturated rings. The summed E-state index contributed by atoms with van der Waals surface area (Å²) in [6.07, 6.45) is 4.13. The molecule has 0 aliphatic carbocycles. The number of oxazole rings is 1. The highest BCUT2D eigenvalue weighted by molar-refractivity contribution is 4.87. The Kier molecular flexibility index (Phi) is 3.76. The molecular weight excluding hydrogens is 154 g/mol. The summed E-state index contributed by atoms with van der Waals surface area (Å²) in [4.78, 5) is 3.81. The quantitative estimate of drug-likeness (QED) is 0.673. The molecule has 1 aromatic heterocycles. The summed E-state index contributed by atoms with van der Waals surface area (Å²) in [5.41, 5.74) is 5.40. The normalized spacial score (nSPS) is 13.2. The predicted molar refractivity (Wildman–Crippen MR) is 46.5 cm³/mol. The maximum atomic E-state index is 5.40. The van der Waals surface area contributed by atoms with E-state index in [0.717, 1.165) is 18.7 Å². The lowest BCUT2D eigenvalue weighted by molar-refractivity contribution is 0.444. The van der Waals surface area contributed by atoms with Crippen LogP contribution in [0, 0.1) is 0 Å². The summed E-state index contributed by atoms with van der Waals surface area (Å²) < 4.78 is 5.06. The van der Waals surface area contributed by atoms with Crippen molar-refractivity contribution in [3.8, 4) is 0 Å². The van der Waals surface area contributed by atoms with Crippen LogP contribution in [0.2, 0.25) is 0 Å². The van der Waals surface area contributed by atoms with Crippen LogP contribution in [0.1, 0.15) is 19.1 Å². The van der Waals surface area contributed by atoms with Crippen molar-refractivity contribution in [1.82, 2.24) is 10.3 Å². The standard InChI is InChI=1S/C8H15N3O/c1-7(2-3-9)11-5-8-4-10-6-12-8/h4,6-7,11H,2-3,5,9H2,1H3. The fraction of sp³-hybridized carbons (Fsp3) is 0.625. The molecular formula is C8H15N3O. The van der Waals surface area contributed by atoms with Crippen LogP contribution in [-0.2, 0) is 6.54 Å². The summed E-state index contributed by atoms with van der Waals surface area (Å²) in [7, 11) is 0. The van der Waals surface area contributed by atoms with E-state index in [-0.39, 0.29) is 0 Å². The van der Waals surface area contributed by atoms with Gasteiger partial charge in [-0.05, 0) is 19.9 Å². The van der Waals surface area contributed by atoms with Gasteiger partial charge in [-0.15, -0.1) is 0 Å². The topological polar surface area (TPSA) is 64.1 Å². The lowest BCUT2D eigenvalue weighted by Crippen LogP contribution is -2.27. The van der Waals surface area contributed by atoms with Crippen molar-refractivity contribution in [3.05, 3.63) is 18.4 Å². The average molecular weight is 169 g/mol. The van der Waals surface area contributed by atoms with Crippen molar-refractivity contribution in [3.63, 3.8) is 0 Å². The zero-order valence-electron chi connectivity index (χ0n) is 7.29. The van der Waals surface area contributed by atoms with E-state index in [4.69, 9.17) is 10.2 Å². The summed E-state index contributed by atoms with van der Waals surface area (Å²) in [6.45, 7) is 3.54. The molecule has 0 aliphatic rings. The Balaban J connectivity index is 2.17. The van der Waals surface area contributed by atoms with Crippen LogP contribution < -0.4 is 11.1 Å². The number of aromatic nitrogens is 1. The van der Waals surface area contributed by atoms with E-state index in [1.807, 2.05) is 0 Å². The monoisotopic (exact) mass is 169 g/mol. The maximum Gasteiger partial charge on any atom is 0.180 e. The molecule has 0 aromatic carbocycles. The Bertz CT molecular complexity index is 198. The molecule has 1 atom stereocenters. The maximum absolute atomic E-state index is 5.40. The molecule has 68 valence electrons. The van der Waals surface area contributed by atoms with Crippen LogP contribution in [0.5, 0.6) is 0 Å². The predicted octanol–water partition coefficient (Wildman–Crippen LogP) is 0.501. The Hall–Kier alpha value is -0.870. The molecule has 1 rings (SSSR count). The number of nitrogens with two attached hydrogens (primary N) is 1. The van der Waals surface area contributed by atoms with E-state index in [2.05, 4.69) is 17.2 Å². The van der Waals surface area contributed by atoms with E-state index in [0.29, 0.717) is 12.6 Å². The van der Waals surface area contributed by atoms with Gasteiger partial charge in [0.05, 0.1) is 12.7 Å². The Labute approximate surface area is 72.2 Å². The first kappa shape index (κ1) is 9.22. The molecule has 1 aromatic rings. The van der Waals surface area contributed by atoms with Crippen LogP contribution in [0.3, 0.4) is 0 Å². The molecule has 1 heterocycles. The fourth-order valence-corrected chi connectivity index (χ4v) is 0.956.